The molecule has 1 aromatic carbocycles. The maximum atomic E-state index is 13.6. The van der Waals surface area contributed by atoms with Crippen molar-refractivity contribution in [2.24, 2.45) is 11.7 Å². The molecule has 2 N–H and O–H groups in total. The smallest absolute Gasteiger partial charge is 0.339 e. The number of nitrogens with two attached hydrogens (primary N) is 1. The Kier molecular flexibility index (Phi) is 5.38. The first-order valence-electron chi connectivity index (χ1n) is 7.41. The van der Waals surface area contributed by atoms with Crippen molar-refractivity contribution in [1.82, 2.24) is 4.31 Å². The summed E-state index contributed by atoms with van der Waals surface area (Å²) >= 11 is 0. The lowest BCUT2D eigenvalue weighted by Crippen LogP contribution is -2.45. The van der Waals surface area contributed by atoms with E-state index in [1.165, 1.54) is 4.31 Å². The standard InChI is InChI=1S/C15H21FN2O4S/c1-10(17)11-4-3-7-18(9-11)23(20,21)14-8-12(16)5-6-13(14)15(19)22-2/h5-6,8,10-11H,3-4,7,9,17H2,1-2H3. The quantitative estimate of drug-likeness (QED) is 0.833. The summed E-state index contributed by atoms with van der Waals surface area (Å²) in [6.45, 7) is 2.42. The molecule has 1 saturated heterocycles. The summed E-state index contributed by atoms with van der Waals surface area (Å²) in [7, 11) is -2.85. The zero-order valence-electron chi connectivity index (χ0n) is 13.2. The fraction of sp³-hybridized carbons (Fsp3) is 0.533. The van der Waals surface area contributed by atoms with E-state index in [0.717, 1.165) is 31.7 Å². The Morgan fingerprint density at radius 3 is 2.78 bits per heavy atom. The third-order valence-electron chi connectivity index (χ3n) is 4.13. The summed E-state index contributed by atoms with van der Waals surface area (Å²) in [6.07, 6.45) is 1.52. The number of benzene rings is 1. The Labute approximate surface area is 135 Å². The van der Waals surface area contributed by atoms with E-state index < -0.39 is 21.8 Å². The summed E-state index contributed by atoms with van der Waals surface area (Å²) in [5.74, 6) is -1.50. The van der Waals surface area contributed by atoms with Gasteiger partial charge in [0.1, 0.15) is 5.82 Å². The largest absolute Gasteiger partial charge is 0.465 e. The van der Waals surface area contributed by atoms with E-state index in [1.54, 1.807) is 0 Å². The molecule has 1 heterocycles. The lowest BCUT2D eigenvalue weighted by molar-refractivity contribution is 0.0596. The molecule has 1 aromatic rings. The van der Waals surface area contributed by atoms with Gasteiger partial charge in [-0.05, 0) is 43.9 Å². The summed E-state index contributed by atoms with van der Waals surface area (Å²) in [5.41, 5.74) is 5.71. The Bertz CT molecular complexity index is 691. The molecule has 0 amide bonds. The molecule has 0 spiro atoms. The maximum Gasteiger partial charge on any atom is 0.339 e. The number of esters is 1. The fourth-order valence-corrected chi connectivity index (χ4v) is 4.47. The second kappa shape index (κ2) is 6.94. The van der Waals surface area contributed by atoms with E-state index >= 15 is 0 Å². The molecular formula is C15H21FN2O4S. The molecule has 2 unspecified atom stereocenters. The van der Waals surface area contributed by atoms with E-state index in [2.05, 4.69) is 4.74 Å². The molecule has 0 bridgehead atoms. The zero-order chi connectivity index (χ0) is 17.2. The van der Waals surface area contributed by atoms with Crippen LogP contribution in [0.25, 0.3) is 0 Å². The summed E-state index contributed by atoms with van der Waals surface area (Å²) in [4.78, 5) is 11.4. The van der Waals surface area contributed by atoms with Crippen LogP contribution in [0.15, 0.2) is 23.1 Å². The number of piperidine rings is 1. The molecule has 128 valence electrons. The van der Waals surface area contributed by atoms with E-state index in [0.29, 0.717) is 13.0 Å². The van der Waals surface area contributed by atoms with Gasteiger partial charge in [0, 0.05) is 19.1 Å². The Morgan fingerprint density at radius 1 is 1.48 bits per heavy atom. The SMILES string of the molecule is COC(=O)c1ccc(F)cc1S(=O)(=O)N1CCCC(C(C)N)C1. The highest BCUT2D eigenvalue weighted by Gasteiger charge is 2.34. The maximum absolute atomic E-state index is 13.6. The topological polar surface area (TPSA) is 89.7 Å². The first kappa shape index (κ1) is 17.8. The number of ether oxygens (including phenoxy) is 1. The van der Waals surface area contributed by atoms with Crippen LogP contribution in [0.5, 0.6) is 0 Å². The number of nitrogens with zero attached hydrogens (tertiary/aromatic N) is 1. The molecule has 1 fully saturated rings. The van der Waals surface area contributed by atoms with Gasteiger partial charge in [-0.15, -0.1) is 0 Å². The molecule has 1 aliphatic heterocycles. The molecule has 0 aliphatic carbocycles. The molecule has 0 aromatic heterocycles. The monoisotopic (exact) mass is 344 g/mol. The lowest BCUT2D eigenvalue weighted by Gasteiger charge is -2.34. The van der Waals surface area contributed by atoms with E-state index in [4.69, 9.17) is 5.73 Å². The minimum atomic E-state index is -4.00. The van der Waals surface area contributed by atoms with Crippen LogP contribution in [0.3, 0.4) is 0 Å². The van der Waals surface area contributed by atoms with Crippen molar-refractivity contribution in [3.05, 3.63) is 29.6 Å². The van der Waals surface area contributed by atoms with Crippen molar-refractivity contribution in [2.45, 2.75) is 30.7 Å². The Balaban J connectivity index is 2.43. The van der Waals surface area contributed by atoms with E-state index in [1.807, 2.05) is 6.92 Å². The van der Waals surface area contributed by atoms with Crippen LogP contribution in [0.4, 0.5) is 4.39 Å². The molecule has 23 heavy (non-hydrogen) atoms. The number of rotatable bonds is 4. The average Bonchev–Trinajstić information content (AvgIpc) is 2.54. The predicted molar refractivity (Wildman–Crippen MR) is 82.9 cm³/mol. The van der Waals surface area contributed by atoms with Gasteiger partial charge in [0.05, 0.1) is 17.6 Å². The number of hydrogen-bond donors (Lipinski definition) is 1. The molecule has 0 saturated carbocycles. The van der Waals surface area contributed by atoms with Gasteiger partial charge in [-0.25, -0.2) is 17.6 Å². The van der Waals surface area contributed by atoms with Crippen molar-refractivity contribution in [1.29, 1.82) is 0 Å². The van der Waals surface area contributed by atoms with E-state index in [-0.39, 0.29) is 29.0 Å². The molecule has 2 rings (SSSR count). The highest BCUT2D eigenvalue weighted by molar-refractivity contribution is 7.89. The third kappa shape index (κ3) is 3.70. The number of methoxy groups -OCH3 is 1. The van der Waals surface area contributed by atoms with Crippen LogP contribution >= 0.6 is 0 Å². The second-order valence-corrected chi connectivity index (χ2v) is 7.66. The molecule has 2 atom stereocenters. The van der Waals surface area contributed by atoms with Gasteiger partial charge in [0.25, 0.3) is 0 Å². The fourth-order valence-electron chi connectivity index (χ4n) is 2.75. The Hall–Kier alpha value is -1.51. The van der Waals surface area contributed by atoms with Gasteiger partial charge >= 0.3 is 5.97 Å². The third-order valence-corrected chi connectivity index (χ3v) is 6.04. The van der Waals surface area contributed by atoms with E-state index in [9.17, 15) is 17.6 Å². The normalized spacial score (nSPS) is 21.0. The highest BCUT2D eigenvalue weighted by Crippen LogP contribution is 2.27. The van der Waals surface area contributed by atoms with Crippen LogP contribution in [0.1, 0.15) is 30.1 Å². The molecule has 0 radical (unpaired) electrons. The number of halogens is 1. The minimum Gasteiger partial charge on any atom is -0.465 e. The summed E-state index contributed by atoms with van der Waals surface area (Å²) in [6, 6.07) is 2.88. The number of carbonyl (C=O) groups excluding carboxylic acids is 1. The van der Waals surface area contributed by atoms with Crippen molar-refractivity contribution in [2.75, 3.05) is 20.2 Å². The van der Waals surface area contributed by atoms with Crippen molar-refractivity contribution in [3.63, 3.8) is 0 Å². The van der Waals surface area contributed by atoms with Gasteiger partial charge in [0.15, 0.2) is 0 Å². The van der Waals surface area contributed by atoms with Gasteiger partial charge in [-0.2, -0.15) is 4.31 Å². The number of sulfonamides is 1. The average molecular weight is 344 g/mol. The zero-order valence-corrected chi connectivity index (χ0v) is 14.0. The van der Waals surface area contributed by atoms with Crippen LogP contribution < -0.4 is 5.73 Å². The van der Waals surface area contributed by atoms with Crippen molar-refractivity contribution >= 4 is 16.0 Å². The van der Waals surface area contributed by atoms with Crippen LogP contribution in [-0.4, -0.2) is 44.9 Å². The minimum absolute atomic E-state index is 0.0358. The van der Waals surface area contributed by atoms with Crippen molar-refractivity contribution < 1.29 is 22.3 Å². The molecule has 1 aliphatic rings. The number of carbonyl (C=O) groups is 1. The summed E-state index contributed by atoms with van der Waals surface area (Å²) in [5, 5.41) is 0. The highest BCUT2D eigenvalue weighted by atomic mass is 32.2. The predicted octanol–water partition coefficient (Wildman–Crippen LogP) is 1.36. The second-order valence-electron chi connectivity index (χ2n) is 5.76. The molecule has 8 heteroatoms. The van der Waals surface area contributed by atoms with Crippen LogP contribution in [0, 0.1) is 11.7 Å². The molecular weight excluding hydrogens is 323 g/mol. The number of hydrogen-bond acceptors (Lipinski definition) is 5. The summed E-state index contributed by atoms with van der Waals surface area (Å²) < 4.78 is 45.1. The molecule has 6 nitrogen and oxygen atoms in total. The van der Waals surface area contributed by atoms with Crippen LogP contribution in [-0.2, 0) is 14.8 Å². The Morgan fingerprint density at radius 2 is 2.17 bits per heavy atom. The van der Waals surface area contributed by atoms with Gasteiger partial charge in [-0.3, -0.25) is 0 Å². The van der Waals surface area contributed by atoms with Gasteiger partial charge < -0.3 is 10.5 Å². The first-order valence-corrected chi connectivity index (χ1v) is 8.85. The van der Waals surface area contributed by atoms with Crippen molar-refractivity contribution in [3.8, 4) is 0 Å². The van der Waals surface area contributed by atoms with Gasteiger partial charge in [0.2, 0.25) is 10.0 Å². The lowest BCUT2D eigenvalue weighted by atomic mass is 9.93. The van der Waals surface area contributed by atoms with Gasteiger partial charge in [-0.1, -0.05) is 0 Å². The first-order chi connectivity index (χ1) is 10.8. The van der Waals surface area contributed by atoms with Crippen LogP contribution in [0.2, 0.25) is 0 Å².